The van der Waals surface area contributed by atoms with Gasteiger partial charge in [0, 0.05) is 10.8 Å². The van der Waals surface area contributed by atoms with Crippen molar-refractivity contribution in [3.63, 3.8) is 0 Å². The first kappa shape index (κ1) is 15.7. The molecule has 2 atom stereocenters. The summed E-state index contributed by atoms with van der Waals surface area (Å²) in [6.07, 6.45) is 0. The van der Waals surface area contributed by atoms with Gasteiger partial charge in [0.15, 0.2) is 5.17 Å². The quantitative estimate of drug-likeness (QED) is 0.794. The highest BCUT2D eigenvalue weighted by Gasteiger charge is 2.27. The molecule has 1 aliphatic rings. The van der Waals surface area contributed by atoms with Gasteiger partial charge >= 0.3 is 0 Å². The molecule has 0 bridgehead atoms. The largest absolute Gasteiger partial charge is 0.360 e. The predicted octanol–water partition coefficient (Wildman–Crippen LogP) is 4.88. The Morgan fingerprint density at radius 2 is 1.86 bits per heavy atom. The Morgan fingerprint density at radius 3 is 2.59 bits per heavy atom. The Bertz CT molecular complexity index is 643. The third-order valence-electron chi connectivity index (χ3n) is 3.50. The molecular weight excluding hydrogens is 335 g/mol. The summed E-state index contributed by atoms with van der Waals surface area (Å²) in [5, 5.41) is 5.09. The fourth-order valence-electron chi connectivity index (χ4n) is 2.28. The van der Waals surface area contributed by atoms with E-state index in [1.165, 1.54) is 0 Å². The monoisotopic (exact) mass is 350 g/mol. The molecule has 1 heterocycles. The van der Waals surface area contributed by atoms with Gasteiger partial charge in [-0.2, -0.15) is 0 Å². The number of benzene rings is 2. The van der Waals surface area contributed by atoms with Crippen LogP contribution in [-0.4, -0.2) is 17.0 Å². The van der Waals surface area contributed by atoms with Crippen LogP contribution in [0.3, 0.4) is 0 Å². The molecule has 2 nitrogen and oxygen atoms in total. The molecule has 3 rings (SSSR count). The third-order valence-corrected chi connectivity index (χ3v) is 5.35. The second kappa shape index (κ2) is 7.40. The SMILES string of the molecule is Clc1ccc(CN=C2NC(C(Cl)c3ccccc3)CS2)cc1. The topological polar surface area (TPSA) is 24.4 Å². The van der Waals surface area contributed by atoms with Gasteiger partial charge in [-0.15, -0.1) is 11.6 Å². The van der Waals surface area contributed by atoms with Crippen molar-refractivity contribution in [3.8, 4) is 0 Å². The van der Waals surface area contributed by atoms with Gasteiger partial charge in [-0.25, -0.2) is 0 Å². The Balaban J connectivity index is 1.60. The summed E-state index contributed by atoms with van der Waals surface area (Å²) in [6.45, 7) is 0.650. The first-order valence-corrected chi connectivity index (χ1v) is 8.89. The van der Waals surface area contributed by atoms with Gasteiger partial charge in [0.2, 0.25) is 0 Å². The molecule has 2 aromatic carbocycles. The molecule has 0 spiro atoms. The molecular formula is C17H16Cl2N2S. The van der Waals surface area contributed by atoms with Crippen molar-refractivity contribution in [2.75, 3.05) is 5.75 Å². The Morgan fingerprint density at radius 1 is 1.14 bits per heavy atom. The van der Waals surface area contributed by atoms with Crippen molar-refractivity contribution in [2.24, 2.45) is 4.99 Å². The number of rotatable bonds is 4. The fraction of sp³-hybridized carbons (Fsp3) is 0.235. The molecule has 0 aliphatic carbocycles. The van der Waals surface area contributed by atoms with Crippen molar-refractivity contribution in [2.45, 2.75) is 18.0 Å². The number of nitrogens with zero attached hydrogens (tertiary/aromatic N) is 1. The van der Waals surface area contributed by atoms with Gasteiger partial charge in [-0.1, -0.05) is 65.8 Å². The van der Waals surface area contributed by atoms with Crippen LogP contribution in [0.4, 0.5) is 0 Å². The van der Waals surface area contributed by atoms with Gasteiger partial charge < -0.3 is 5.32 Å². The van der Waals surface area contributed by atoms with Crippen LogP contribution < -0.4 is 5.32 Å². The molecule has 1 fully saturated rings. The standard InChI is InChI=1S/C17H16Cl2N2S/c18-14-8-6-12(7-9-14)10-20-17-21-15(11-22-17)16(19)13-4-2-1-3-5-13/h1-9,15-16H,10-11H2,(H,20,21). The number of hydrogen-bond donors (Lipinski definition) is 1. The first-order valence-electron chi connectivity index (χ1n) is 7.09. The highest BCUT2D eigenvalue weighted by Crippen LogP contribution is 2.30. The van der Waals surface area contributed by atoms with Crippen molar-refractivity contribution in [3.05, 3.63) is 70.7 Å². The van der Waals surface area contributed by atoms with Crippen LogP contribution in [0, 0.1) is 0 Å². The number of hydrogen-bond acceptors (Lipinski definition) is 2. The maximum Gasteiger partial charge on any atom is 0.157 e. The number of nitrogens with one attached hydrogen (secondary N) is 1. The second-order valence-electron chi connectivity index (χ2n) is 5.12. The zero-order valence-corrected chi connectivity index (χ0v) is 14.2. The van der Waals surface area contributed by atoms with Gasteiger partial charge in [0.1, 0.15) is 0 Å². The zero-order valence-electron chi connectivity index (χ0n) is 11.9. The van der Waals surface area contributed by atoms with Crippen LogP contribution in [0.15, 0.2) is 59.6 Å². The van der Waals surface area contributed by atoms with Gasteiger partial charge in [0.05, 0.1) is 18.0 Å². The molecule has 0 amide bonds. The van der Waals surface area contributed by atoms with E-state index in [1.54, 1.807) is 11.8 Å². The van der Waals surface area contributed by atoms with E-state index in [-0.39, 0.29) is 11.4 Å². The van der Waals surface area contributed by atoms with E-state index >= 15 is 0 Å². The molecule has 1 aliphatic heterocycles. The van der Waals surface area contributed by atoms with E-state index in [0.29, 0.717) is 6.54 Å². The van der Waals surface area contributed by atoms with E-state index in [1.807, 2.05) is 42.5 Å². The lowest BCUT2D eigenvalue weighted by Gasteiger charge is -2.17. The van der Waals surface area contributed by atoms with E-state index < -0.39 is 0 Å². The van der Waals surface area contributed by atoms with Crippen LogP contribution in [0.25, 0.3) is 0 Å². The fourth-order valence-corrected chi connectivity index (χ4v) is 3.81. The highest BCUT2D eigenvalue weighted by molar-refractivity contribution is 8.14. The summed E-state index contributed by atoms with van der Waals surface area (Å²) in [7, 11) is 0. The molecule has 0 aromatic heterocycles. The van der Waals surface area contributed by atoms with Crippen molar-refractivity contribution >= 4 is 40.1 Å². The van der Waals surface area contributed by atoms with Gasteiger partial charge in [-0.3, -0.25) is 4.99 Å². The summed E-state index contributed by atoms with van der Waals surface area (Å²) < 4.78 is 0. The van der Waals surface area contributed by atoms with Crippen molar-refractivity contribution < 1.29 is 0 Å². The van der Waals surface area contributed by atoms with E-state index in [0.717, 1.165) is 27.1 Å². The summed E-state index contributed by atoms with van der Waals surface area (Å²) in [6, 6.07) is 18.1. The number of alkyl halides is 1. The highest BCUT2D eigenvalue weighted by atomic mass is 35.5. The molecule has 0 radical (unpaired) electrons. The predicted molar refractivity (Wildman–Crippen MR) is 97.0 cm³/mol. The summed E-state index contributed by atoms with van der Waals surface area (Å²) in [5.74, 6) is 0.933. The lowest BCUT2D eigenvalue weighted by atomic mass is 10.1. The minimum atomic E-state index is -0.0445. The molecule has 1 N–H and O–H groups in total. The Kier molecular flexibility index (Phi) is 5.29. The Hall–Kier alpha value is -1.16. The van der Waals surface area contributed by atoms with Gasteiger partial charge in [-0.05, 0) is 23.3 Å². The average Bonchev–Trinajstić information content (AvgIpc) is 3.03. The van der Waals surface area contributed by atoms with Crippen LogP contribution in [0.2, 0.25) is 5.02 Å². The summed E-state index contributed by atoms with van der Waals surface area (Å²) in [4.78, 5) is 4.62. The molecule has 5 heteroatoms. The third kappa shape index (κ3) is 3.97. The lowest BCUT2D eigenvalue weighted by molar-refractivity contribution is 0.665. The van der Waals surface area contributed by atoms with Crippen LogP contribution in [0.5, 0.6) is 0 Å². The summed E-state index contributed by atoms with van der Waals surface area (Å²) >= 11 is 14.2. The number of amidine groups is 1. The van der Waals surface area contributed by atoms with Crippen molar-refractivity contribution in [1.29, 1.82) is 0 Å². The van der Waals surface area contributed by atoms with Gasteiger partial charge in [0.25, 0.3) is 0 Å². The maximum atomic E-state index is 6.57. The lowest BCUT2D eigenvalue weighted by Crippen LogP contribution is -2.30. The smallest absolute Gasteiger partial charge is 0.157 e. The van der Waals surface area contributed by atoms with Crippen LogP contribution in [-0.2, 0) is 6.54 Å². The van der Waals surface area contributed by atoms with E-state index in [4.69, 9.17) is 23.2 Å². The normalized spacial score (nSPS) is 20.8. The summed E-state index contributed by atoms with van der Waals surface area (Å²) in [5.41, 5.74) is 2.29. The van der Waals surface area contributed by atoms with Crippen LogP contribution >= 0.6 is 35.0 Å². The molecule has 2 unspecified atom stereocenters. The minimum absolute atomic E-state index is 0.0445. The maximum absolute atomic E-state index is 6.57. The zero-order chi connectivity index (χ0) is 15.4. The van der Waals surface area contributed by atoms with Crippen LogP contribution in [0.1, 0.15) is 16.5 Å². The second-order valence-corrected chi connectivity index (χ2v) is 7.04. The molecule has 22 heavy (non-hydrogen) atoms. The molecule has 114 valence electrons. The average molecular weight is 351 g/mol. The molecule has 0 saturated carbocycles. The molecule has 2 aromatic rings. The number of halogens is 2. The first-order chi connectivity index (χ1) is 10.7. The molecule has 1 saturated heterocycles. The minimum Gasteiger partial charge on any atom is -0.360 e. The Labute approximate surface area is 144 Å². The number of aliphatic imine (C=N–C) groups is 1. The van der Waals surface area contributed by atoms with Crippen molar-refractivity contribution in [1.82, 2.24) is 5.32 Å². The van der Waals surface area contributed by atoms with E-state index in [9.17, 15) is 0 Å². The number of thioether (sulfide) groups is 1. The van der Waals surface area contributed by atoms with E-state index in [2.05, 4.69) is 22.4 Å².